The van der Waals surface area contributed by atoms with Gasteiger partial charge in [-0.25, -0.2) is 0 Å². The van der Waals surface area contributed by atoms with Crippen molar-refractivity contribution in [2.24, 2.45) is 5.41 Å². The zero-order valence-corrected chi connectivity index (χ0v) is 16.3. The van der Waals surface area contributed by atoms with Crippen LogP contribution in [0.25, 0.3) is 0 Å². The predicted octanol–water partition coefficient (Wildman–Crippen LogP) is 4.04. The largest absolute Gasteiger partial charge is 0.362 e. The van der Waals surface area contributed by atoms with E-state index in [1.54, 1.807) is 11.9 Å². The van der Waals surface area contributed by atoms with Crippen LogP contribution in [-0.4, -0.2) is 18.7 Å². The van der Waals surface area contributed by atoms with Gasteiger partial charge in [0.1, 0.15) is 0 Å². The van der Waals surface area contributed by atoms with Gasteiger partial charge in [-0.05, 0) is 30.0 Å². The minimum absolute atomic E-state index is 0.0255. The van der Waals surface area contributed by atoms with E-state index in [0.29, 0.717) is 18.4 Å². The van der Waals surface area contributed by atoms with Crippen molar-refractivity contribution in [3.8, 4) is 0 Å². The molecule has 28 heavy (non-hydrogen) atoms. The summed E-state index contributed by atoms with van der Waals surface area (Å²) in [6.07, 6.45) is 1.14. The third-order valence-electron chi connectivity index (χ3n) is 6.08. The van der Waals surface area contributed by atoms with Crippen molar-refractivity contribution in [1.82, 2.24) is 0 Å². The van der Waals surface area contributed by atoms with Crippen LogP contribution in [0.4, 0.5) is 17.1 Å². The summed E-state index contributed by atoms with van der Waals surface area (Å²) < 4.78 is 0. The van der Waals surface area contributed by atoms with E-state index in [0.717, 1.165) is 28.3 Å². The Labute approximate surface area is 164 Å². The van der Waals surface area contributed by atoms with Crippen LogP contribution in [0.5, 0.6) is 0 Å². The van der Waals surface area contributed by atoms with Crippen LogP contribution < -0.4 is 15.5 Å². The molecule has 3 aliphatic rings. The van der Waals surface area contributed by atoms with Gasteiger partial charge in [0, 0.05) is 30.4 Å². The van der Waals surface area contributed by atoms with Crippen molar-refractivity contribution in [3.05, 3.63) is 65.4 Å². The van der Waals surface area contributed by atoms with Crippen LogP contribution in [-0.2, 0) is 15.1 Å². The maximum absolute atomic E-state index is 13.7. The molecular formula is C23H23N3O2. The molecule has 0 fully saturated rings. The summed E-state index contributed by atoms with van der Waals surface area (Å²) in [5.41, 5.74) is 3.43. The summed E-state index contributed by atoms with van der Waals surface area (Å²) in [7, 11) is 1.78. The molecule has 5 nitrogen and oxygen atoms in total. The fourth-order valence-corrected chi connectivity index (χ4v) is 4.91. The number of ketones is 1. The van der Waals surface area contributed by atoms with Crippen molar-refractivity contribution < 1.29 is 9.59 Å². The van der Waals surface area contributed by atoms with Crippen LogP contribution in [0.1, 0.15) is 32.3 Å². The Morgan fingerprint density at radius 1 is 0.929 bits per heavy atom. The first-order valence-corrected chi connectivity index (χ1v) is 9.62. The van der Waals surface area contributed by atoms with Crippen molar-refractivity contribution >= 4 is 28.8 Å². The van der Waals surface area contributed by atoms with Gasteiger partial charge >= 0.3 is 0 Å². The second kappa shape index (κ2) is 5.47. The van der Waals surface area contributed by atoms with Gasteiger partial charge in [0.05, 0.1) is 16.9 Å². The molecule has 1 aliphatic carbocycles. The number of Topliss-reactive ketones (excluding diaryl/α,β-unsaturated/α-hetero) is 1. The molecule has 0 saturated heterocycles. The van der Waals surface area contributed by atoms with E-state index in [1.807, 2.05) is 48.5 Å². The highest BCUT2D eigenvalue weighted by Gasteiger charge is 2.57. The van der Waals surface area contributed by atoms with Crippen molar-refractivity contribution in [3.63, 3.8) is 0 Å². The third-order valence-corrected chi connectivity index (χ3v) is 6.08. The summed E-state index contributed by atoms with van der Waals surface area (Å²) in [6, 6.07) is 15.6. The van der Waals surface area contributed by atoms with E-state index in [9.17, 15) is 9.59 Å². The molecule has 0 aromatic heterocycles. The molecule has 142 valence electrons. The summed E-state index contributed by atoms with van der Waals surface area (Å²) in [5.74, 6) is -0.0923. The molecule has 2 aromatic carbocycles. The summed E-state index contributed by atoms with van der Waals surface area (Å²) in [4.78, 5) is 28.8. The molecule has 5 heteroatoms. The van der Waals surface area contributed by atoms with Gasteiger partial charge < -0.3 is 15.5 Å². The number of para-hydroxylation sites is 3. The number of fused-ring (bicyclic) bond motifs is 4. The number of carbonyl (C=O) groups is 2. The van der Waals surface area contributed by atoms with E-state index in [-0.39, 0.29) is 17.1 Å². The number of nitrogens with one attached hydrogen (secondary N) is 2. The number of allylic oxidation sites excluding steroid dienone is 1. The number of likely N-dealkylation sites (N-methyl/N-ethyl adjacent to an activating group) is 1. The lowest BCUT2D eigenvalue weighted by Gasteiger charge is -2.38. The minimum Gasteiger partial charge on any atom is -0.362 e. The van der Waals surface area contributed by atoms with Crippen LogP contribution in [0.3, 0.4) is 0 Å². The first kappa shape index (κ1) is 17.0. The Hall–Kier alpha value is -3.08. The Bertz CT molecular complexity index is 1070. The van der Waals surface area contributed by atoms with Crippen LogP contribution >= 0.6 is 0 Å². The van der Waals surface area contributed by atoms with Crippen LogP contribution in [0.15, 0.2) is 59.8 Å². The number of anilines is 3. The molecule has 2 aromatic rings. The lowest BCUT2D eigenvalue weighted by molar-refractivity contribution is -0.125. The zero-order chi connectivity index (χ0) is 19.7. The lowest BCUT2D eigenvalue weighted by atomic mass is 9.69. The standard InChI is InChI=1S/C23H23N3O2/c1-22(2)12-17-20(19(27)13-22)23(25-16-10-6-5-9-15(16)24-17)14-8-4-7-11-18(14)26(3)21(23)28/h4-11,24-25H,12-13H2,1-3H3/t23-/m0/s1. The monoisotopic (exact) mass is 373 g/mol. The summed E-state index contributed by atoms with van der Waals surface area (Å²) >= 11 is 0. The number of benzene rings is 2. The maximum atomic E-state index is 13.7. The van der Waals surface area contributed by atoms with Crippen molar-refractivity contribution in [2.75, 3.05) is 22.6 Å². The molecule has 0 unspecified atom stereocenters. The van der Waals surface area contributed by atoms with Gasteiger partial charge in [0.15, 0.2) is 11.3 Å². The smallest absolute Gasteiger partial charge is 0.262 e. The normalized spacial score (nSPS) is 24.9. The van der Waals surface area contributed by atoms with Gasteiger partial charge in [-0.3, -0.25) is 9.59 Å². The third kappa shape index (κ3) is 2.13. The van der Waals surface area contributed by atoms with Gasteiger partial charge in [-0.2, -0.15) is 0 Å². The maximum Gasteiger partial charge on any atom is 0.262 e. The number of nitrogens with zero attached hydrogens (tertiary/aromatic N) is 1. The Balaban J connectivity index is 1.86. The zero-order valence-electron chi connectivity index (χ0n) is 16.3. The number of carbonyl (C=O) groups excluding carboxylic acids is 2. The predicted molar refractivity (Wildman–Crippen MR) is 110 cm³/mol. The van der Waals surface area contributed by atoms with Crippen LogP contribution in [0, 0.1) is 5.41 Å². The van der Waals surface area contributed by atoms with Crippen molar-refractivity contribution in [2.45, 2.75) is 32.2 Å². The van der Waals surface area contributed by atoms with Gasteiger partial charge in [0.25, 0.3) is 5.91 Å². The second-order valence-corrected chi connectivity index (χ2v) is 8.72. The first-order chi connectivity index (χ1) is 13.3. The van der Waals surface area contributed by atoms with Crippen molar-refractivity contribution in [1.29, 1.82) is 0 Å². The first-order valence-electron chi connectivity index (χ1n) is 9.62. The molecule has 2 aliphatic heterocycles. The van der Waals surface area contributed by atoms with Gasteiger partial charge in [0.2, 0.25) is 0 Å². The average Bonchev–Trinajstić information content (AvgIpc) is 2.78. The fraction of sp³-hybridized carbons (Fsp3) is 0.304. The number of hydrogen-bond donors (Lipinski definition) is 2. The molecule has 5 rings (SSSR count). The highest BCUT2D eigenvalue weighted by atomic mass is 16.2. The number of hydrogen-bond acceptors (Lipinski definition) is 4. The molecule has 1 atom stereocenters. The molecule has 2 N–H and O–H groups in total. The number of rotatable bonds is 0. The fourth-order valence-electron chi connectivity index (χ4n) is 4.91. The van der Waals surface area contributed by atoms with E-state index in [1.165, 1.54) is 0 Å². The highest BCUT2D eigenvalue weighted by Crippen LogP contribution is 2.53. The summed E-state index contributed by atoms with van der Waals surface area (Å²) in [5, 5.41) is 6.99. The lowest BCUT2D eigenvalue weighted by Crippen LogP contribution is -2.50. The molecular weight excluding hydrogens is 350 g/mol. The van der Waals surface area contributed by atoms with Gasteiger partial charge in [-0.1, -0.05) is 44.2 Å². The minimum atomic E-state index is -1.20. The summed E-state index contributed by atoms with van der Waals surface area (Å²) in [6.45, 7) is 4.20. The SMILES string of the molecule is CN1C(=O)[C@]2(Nc3ccccc3NC3=C2C(=O)CC(C)(C)C3)c2ccccc21. The molecule has 1 spiro atoms. The Kier molecular flexibility index (Phi) is 3.33. The molecule has 2 heterocycles. The quantitative estimate of drug-likeness (QED) is 0.732. The topological polar surface area (TPSA) is 61.4 Å². The van der Waals surface area contributed by atoms with E-state index in [2.05, 4.69) is 24.5 Å². The van der Waals surface area contributed by atoms with E-state index < -0.39 is 5.54 Å². The molecule has 0 bridgehead atoms. The Morgan fingerprint density at radius 2 is 1.61 bits per heavy atom. The molecule has 0 radical (unpaired) electrons. The Morgan fingerprint density at radius 3 is 2.39 bits per heavy atom. The average molecular weight is 373 g/mol. The highest BCUT2D eigenvalue weighted by molar-refractivity contribution is 6.19. The van der Waals surface area contributed by atoms with E-state index >= 15 is 0 Å². The van der Waals surface area contributed by atoms with E-state index in [4.69, 9.17) is 0 Å². The molecule has 1 amide bonds. The van der Waals surface area contributed by atoms with Crippen LogP contribution in [0.2, 0.25) is 0 Å². The second-order valence-electron chi connectivity index (χ2n) is 8.72. The molecule has 0 saturated carbocycles. The number of amides is 1. The van der Waals surface area contributed by atoms with Gasteiger partial charge in [-0.15, -0.1) is 0 Å².